The minimum atomic E-state index is -0.570. The van der Waals surface area contributed by atoms with Gasteiger partial charge in [0.15, 0.2) is 11.6 Å². The second-order valence-corrected chi connectivity index (χ2v) is 8.95. The number of nitrogens with one attached hydrogen (secondary N) is 2. The molecule has 1 aromatic carbocycles. The minimum Gasteiger partial charge on any atom is -0.453 e. The monoisotopic (exact) mass is 478 g/mol. The fraction of sp³-hybridized carbons (Fsp3) is 0.269. The van der Waals surface area contributed by atoms with Crippen LogP contribution < -0.4 is 15.4 Å². The number of carbonyl (C=O) groups is 1. The molecule has 0 fully saturated rings. The lowest BCUT2D eigenvalue weighted by molar-refractivity contribution is 0.247. The summed E-state index contributed by atoms with van der Waals surface area (Å²) in [6.07, 6.45) is 6.10. The molecule has 2 amide bonds. The molecule has 176 valence electrons. The second kappa shape index (κ2) is 10.6. The number of thiophene rings is 1. The molecule has 34 heavy (non-hydrogen) atoms. The summed E-state index contributed by atoms with van der Waals surface area (Å²) >= 11 is 1.50. The number of hydrogen-bond donors (Lipinski definition) is 2. The third-order valence-corrected chi connectivity index (χ3v) is 6.75. The molecule has 0 atom stereocenters. The average molecular weight is 479 g/mol. The van der Waals surface area contributed by atoms with Crippen molar-refractivity contribution >= 4 is 33.3 Å². The van der Waals surface area contributed by atoms with Crippen molar-refractivity contribution in [3.05, 3.63) is 66.2 Å². The number of hydrogen-bond acceptors (Lipinski definition) is 5. The van der Waals surface area contributed by atoms with Gasteiger partial charge in [-0.05, 0) is 49.1 Å². The second-order valence-electron chi connectivity index (χ2n) is 7.90. The summed E-state index contributed by atoms with van der Waals surface area (Å²) in [5.74, 6) is 0.00948. The van der Waals surface area contributed by atoms with Crippen LogP contribution in [0.2, 0.25) is 0 Å². The molecule has 6 nitrogen and oxygen atoms in total. The van der Waals surface area contributed by atoms with E-state index in [1.165, 1.54) is 29.0 Å². The number of anilines is 1. The first-order valence-electron chi connectivity index (χ1n) is 11.4. The molecule has 0 saturated heterocycles. The van der Waals surface area contributed by atoms with Crippen LogP contribution in [0.25, 0.3) is 20.8 Å². The van der Waals surface area contributed by atoms with Crippen LogP contribution in [-0.4, -0.2) is 22.0 Å². The van der Waals surface area contributed by atoms with Crippen LogP contribution >= 0.6 is 11.3 Å². The number of urea groups is 1. The SMILES string of the molecule is CCc1ccc(-c2cc3nccc(Oc4ccc(NC(=O)NC(CC)CC)cc4F)c3s2)nc1. The first-order chi connectivity index (χ1) is 16.5. The van der Waals surface area contributed by atoms with Crippen LogP contribution in [0, 0.1) is 5.82 Å². The van der Waals surface area contributed by atoms with Crippen molar-refractivity contribution in [2.45, 2.75) is 46.1 Å². The minimum absolute atomic E-state index is 0.0684. The van der Waals surface area contributed by atoms with Gasteiger partial charge in [0.1, 0.15) is 5.75 Å². The molecule has 3 heterocycles. The van der Waals surface area contributed by atoms with Gasteiger partial charge >= 0.3 is 6.03 Å². The predicted molar refractivity (Wildman–Crippen MR) is 135 cm³/mol. The summed E-state index contributed by atoms with van der Waals surface area (Å²) in [5.41, 5.74) is 3.15. The Kier molecular flexibility index (Phi) is 7.37. The van der Waals surface area contributed by atoms with Gasteiger partial charge in [0.05, 0.1) is 20.8 Å². The molecule has 0 radical (unpaired) electrons. The van der Waals surface area contributed by atoms with Crippen LogP contribution in [0.3, 0.4) is 0 Å². The number of benzene rings is 1. The standard InChI is InChI=1S/C26H27FN4O2S/c1-4-16-7-9-20(29-15-16)24-14-21-25(34-24)23(11-12-28-21)33-22-10-8-18(13-19(22)27)31-26(32)30-17(5-2)6-3/h7-15,17H,4-6H2,1-3H3,(H2,30,31,32). The van der Waals surface area contributed by atoms with E-state index < -0.39 is 5.82 Å². The highest BCUT2D eigenvalue weighted by Gasteiger charge is 2.15. The van der Waals surface area contributed by atoms with Crippen LogP contribution in [0.15, 0.2) is 54.9 Å². The normalized spacial score (nSPS) is 11.1. The predicted octanol–water partition coefficient (Wildman–Crippen LogP) is 7.16. The molecule has 4 rings (SSSR count). The summed E-state index contributed by atoms with van der Waals surface area (Å²) in [7, 11) is 0. The largest absolute Gasteiger partial charge is 0.453 e. The van der Waals surface area contributed by atoms with E-state index in [2.05, 4.69) is 33.6 Å². The summed E-state index contributed by atoms with van der Waals surface area (Å²) in [6, 6.07) is 11.8. The lowest BCUT2D eigenvalue weighted by atomic mass is 10.2. The lowest BCUT2D eigenvalue weighted by Gasteiger charge is -2.15. The third-order valence-electron chi connectivity index (χ3n) is 5.59. The molecule has 2 N–H and O–H groups in total. The third kappa shape index (κ3) is 5.34. The van der Waals surface area contributed by atoms with Crippen LogP contribution in [0.1, 0.15) is 39.2 Å². The molecule has 0 aliphatic rings. The Hall–Kier alpha value is -3.52. The van der Waals surface area contributed by atoms with Crippen LogP contribution in [0.5, 0.6) is 11.5 Å². The summed E-state index contributed by atoms with van der Waals surface area (Å²) in [6.45, 7) is 6.10. The summed E-state index contributed by atoms with van der Waals surface area (Å²) < 4.78 is 21.5. The molecule has 0 aliphatic carbocycles. The fourth-order valence-electron chi connectivity index (χ4n) is 3.53. The Morgan fingerprint density at radius 1 is 1.06 bits per heavy atom. The van der Waals surface area contributed by atoms with E-state index in [0.29, 0.717) is 11.4 Å². The number of rotatable bonds is 8. The van der Waals surface area contributed by atoms with E-state index in [9.17, 15) is 9.18 Å². The maximum absolute atomic E-state index is 14.8. The fourth-order valence-corrected chi connectivity index (χ4v) is 4.57. The van der Waals surface area contributed by atoms with E-state index in [1.807, 2.05) is 32.2 Å². The van der Waals surface area contributed by atoms with Crippen LogP contribution in [-0.2, 0) is 6.42 Å². The number of fused-ring (bicyclic) bond motifs is 1. The van der Waals surface area contributed by atoms with Gasteiger partial charge in [-0.25, -0.2) is 9.18 Å². The summed E-state index contributed by atoms with van der Waals surface area (Å²) in [4.78, 5) is 22.1. The average Bonchev–Trinajstić information content (AvgIpc) is 3.29. The zero-order chi connectivity index (χ0) is 24.1. The maximum atomic E-state index is 14.8. The van der Waals surface area contributed by atoms with E-state index in [0.717, 1.165) is 40.1 Å². The molecule has 4 aromatic rings. The number of aromatic nitrogens is 2. The molecule has 0 saturated carbocycles. The molecular formula is C26H27FN4O2S. The highest BCUT2D eigenvalue weighted by molar-refractivity contribution is 7.22. The van der Waals surface area contributed by atoms with E-state index in [4.69, 9.17) is 4.74 Å². The quantitative estimate of drug-likeness (QED) is 0.282. The Balaban J connectivity index is 1.53. The summed E-state index contributed by atoms with van der Waals surface area (Å²) in [5, 5.41) is 5.54. The van der Waals surface area contributed by atoms with Crippen molar-refractivity contribution in [1.29, 1.82) is 0 Å². The van der Waals surface area contributed by atoms with Crippen molar-refractivity contribution in [2.75, 3.05) is 5.32 Å². The number of amides is 2. The van der Waals surface area contributed by atoms with Crippen molar-refractivity contribution in [2.24, 2.45) is 0 Å². The Bertz CT molecular complexity index is 1290. The van der Waals surface area contributed by atoms with Gasteiger partial charge in [0.2, 0.25) is 0 Å². The van der Waals surface area contributed by atoms with E-state index >= 15 is 0 Å². The number of carbonyl (C=O) groups excluding carboxylic acids is 1. The highest BCUT2D eigenvalue weighted by Crippen LogP contribution is 2.39. The Morgan fingerprint density at radius 3 is 2.56 bits per heavy atom. The van der Waals surface area contributed by atoms with Gasteiger partial charge in [0.25, 0.3) is 0 Å². The number of ether oxygens (including phenoxy) is 1. The van der Waals surface area contributed by atoms with Crippen molar-refractivity contribution in [1.82, 2.24) is 15.3 Å². The molecule has 0 spiro atoms. The number of halogens is 1. The lowest BCUT2D eigenvalue weighted by Crippen LogP contribution is -2.37. The van der Waals surface area contributed by atoms with Crippen molar-refractivity contribution in [3.63, 3.8) is 0 Å². The molecule has 0 aliphatic heterocycles. The number of aryl methyl sites for hydroxylation is 1. The van der Waals surface area contributed by atoms with Gasteiger partial charge in [-0.15, -0.1) is 11.3 Å². The van der Waals surface area contributed by atoms with E-state index in [1.54, 1.807) is 18.3 Å². The van der Waals surface area contributed by atoms with Crippen molar-refractivity contribution in [3.8, 4) is 22.1 Å². The highest BCUT2D eigenvalue weighted by atomic mass is 32.1. The zero-order valence-corrected chi connectivity index (χ0v) is 20.2. The Labute approximate surface area is 202 Å². The van der Waals surface area contributed by atoms with Gasteiger partial charge in [-0.3, -0.25) is 9.97 Å². The topological polar surface area (TPSA) is 76.1 Å². The molecule has 0 bridgehead atoms. The molecule has 0 unspecified atom stereocenters. The smallest absolute Gasteiger partial charge is 0.319 e. The van der Waals surface area contributed by atoms with E-state index in [-0.39, 0.29) is 17.8 Å². The van der Waals surface area contributed by atoms with Crippen molar-refractivity contribution < 1.29 is 13.9 Å². The number of nitrogens with zero attached hydrogens (tertiary/aromatic N) is 2. The molecule has 8 heteroatoms. The maximum Gasteiger partial charge on any atom is 0.319 e. The van der Waals surface area contributed by atoms with Gasteiger partial charge in [-0.2, -0.15) is 0 Å². The number of pyridine rings is 2. The first kappa shape index (κ1) is 23.6. The van der Waals surface area contributed by atoms with Gasteiger partial charge < -0.3 is 15.4 Å². The van der Waals surface area contributed by atoms with Gasteiger partial charge in [-0.1, -0.05) is 26.8 Å². The molecule has 3 aromatic heterocycles. The molecular weight excluding hydrogens is 451 g/mol. The van der Waals surface area contributed by atoms with Gasteiger partial charge in [0, 0.05) is 36.3 Å². The first-order valence-corrected chi connectivity index (χ1v) is 12.2. The Morgan fingerprint density at radius 2 is 1.88 bits per heavy atom. The zero-order valence-electron chi connectivity index (χ0n) is 19.4. The van der Waals surface area contributed by atoms with Crippen LogP contribution in [0.4, 0.5) is 14.9 Å².